The van der Waals surface area contributed by atoms with Gasteiger partial charge in [0.15, 0.2) is 11.5 Å². The minimum Gasteiger partial charge on any atom is -0.495 e. The fourth-order valence-electron chi connectivity index (χ4n) is 2.82. The van der Waals surface area contributed by atoms with Gasteiger partial charge in [-0.2, -0.15) is 0 Å². The lowest BCUT2D eigenvalue weighted by Crippen LogP contribution is -2.39. The topological polar surface area (TPSA) is 60.0 Å². The molecule has 0 unspecified atom stereocenters. The van der Waals surface area contributed by atoms with Crippen molar-refractivity contribution in [2.75, 3.05) is 26.3 Å². The maximum Gasteiger partial charge on any atom is 0.241 e. The first-order chi connectivity index (χ1) is 12.5. The largest absolute Gasteiger partial charge is 0.495 e. The van der Waals surface area contributed by atoms with Crippen LogP contribution in [0.2, 0.25) is 0 Å². The van der Waals surface area contributed by atoms with E-state index in [1.165, 1.54) is 0 Å². The van der Waals surface area contributed by atoms with Crippen molar-refractivity contribution in [3.05, 3.63) is 47.5 Å². The average Bonchev–Trinajstić information content (AvgIpc) is 3.09. The van der Waals surface area contributed by atoms with Crippen molar-refractivity contribution in [2.24, 2.45) is 0 Å². The second kappa shape index (κ2) is 7.66. The SMILES string of the molecule is COc1ccc(C)cc1NC(=O)[C@H](C)N(C)Cc1ccc2c(c1)OCO2. The van der Waals surface area contributed by atoms with Crippen LogP contribution in [0.25, 0.3) is 0 Å². The number of aryl methyl sites for hydroxylation is 1. The Morgan fingerprint density at radius 1 is 1.23 bits per heavy atom. The second-order valence-corrected chi connectivity index (χ2v) is 6.47. The van der Waals surface area contributed by atoms with Gasteiger partial charge in [0.05, 0.1) is 18.8 Å². The summed E-state index contributed by atoms with van der Waals surface area (Å²) in [5.41, 5.74) is 2.80. The summed E-state index contributed by atoms with van der Waals surface area (Å²) in [7, 11) is 3.51. The number of fused-ring (bicyclic) bond motifs is 1. The Kier molecular flexibility index (Phi) is 5.32. The predicted octanol–water partition coefficient (Wildman–Crippen LogP) is 3.19. The van der Waals surface area contributed by atoms with Crippen molar-refractivity contribution < 1.29 is 19.0 Å². The van der Waals surface area contributed by atoms with E-state index in [-0.39, 0.29) is 18.7 Å². The number of nitrogens with one attached hydrogen (secondary N) is 1. The molecule has 0 radical (unpaired) electrons. The minimum atomic E-state index is -0.314. The molecule has 0 aliphatic carbocycles. The predicted molar refractivity (Wildman–Crippen MR) is 99.9 cm³/mol. The van der Waals surface area contributed by atoms with Gasteiger partial charge in [-0.05, 0) is 56.3 Å². The Hall–Kier alpha value is -2.73. The molecule has 0 bridgehead atoms. The molecule has 1 atom stereocenters. The van der Waals surface area contributed by atoms with Gasteiger partial charge in [-0.3, -0.25) is 9.69 Å². The third-order valence-electron chi connectivity index (χ3n) is 4.52. The first-order valence-corrected chi connectivity index (χ1v) is 8.52. The molecule has 0 fully saturated rings. The summed E-state index contributed by atoms with van der Waals surface area (Å²) in [6.45, 7) is 4.73. The van der Waals surface area contributed by atoms with E-state index in [9.17, 15) is 4.79 Å². The molecule has 0 spiro atoms. The van der Waals surface area contributed by atoms with Crippen LogP contribution in [0.3, 0.4) is 0 Å². The zero-order valence-corrected chi connectivity index (χ0v) is 15.5. The van der Waals surface area contributed by atoms with E-state index in [1.807, 2.05) is 62.2 Å². The number of carbonyl (C=O) groups is 1. The summed E-state index contributed by atoms with van der Waals surface area (Å²) in [6.07, 6.45) is 0. The fourth-order valence-corrected chi connectivity index (χ4v) is 2.82. The number of hydrogen-bond acceptors (Lipinski definition) is 5. The van der Waals surface area contributed by atoms with Gasteiger partial charge in [-0.25, -0.2) is 0 Å². The monoisotopic (exact) mass is 356 g/mol. The van der Waals surface area contributed by atoms with Crippen LogP contribution in [-0.2, 0) is 11.3 Å². The first-order valence-electron chi connectivity index (χ1n) is 8.52. The van der Waals surface area contributed by atoms with Gasteiger partial charge < -0.3 is 19.5 Å². The van der Waals surface area contributed by atoms with E-state index in [1.54, 1.807) is 7.11 Å². The highest BCUT2D eigenvalue weighted by Gasteiger charge is 2.21. The number of amides is 1. The quantitative estimate of drug-likeness (QED) is 0.861. The number of likely N-dealkylation sites (N-methyl/N-ethyl adjacent to an activating group) is 1. The van der Waals surface area contributed by atoms with Crippen molar-refractivity contribution >= 4 is 11.6 Å². The number of nitrogens with zero attached hydrogens (tertiary/aromatic N) is 1. The summed E-state index contributed by atoms with van der Waals surface area (Å²) in [5.74, 6) is 2.07. The average molecular weight is 356 g/mol. The van der Waals surface area contributed by atoms with Crippen molar-refractivity contribution in [2.45, 2.75) is 26.4 Å². The molecule has 6 nitrogen and oxygen atoms in total. The van der Waals surface area contributed by atoms with Gasteiger partial charge >= 0.3 is 0 Å². The maximum absolute atomic E-state index is 12.7. The molecule has 2 aromatic carbocycles. The second-order valence-electron chi connectivity index (χ2n) is 6.47. The molecule has 0 saturated carbocycles. The minimum absolute atomic E-state index is 0.0860. The van der Waals surface area contributed by atoms with E-state index in [0.717, 1.165) is 22.6 Å². The molecule has 0 aromatic heterocycles. The van der Waals surface area contributed by atoms with Crippen molar-refractivity contribution in [3.63, 3.8) is 0 Å². The van der Waals surface area contributed by atoms with Crippen molar-refractivity contribution in [3.8, 4) is 17.2 Å². The van der Waals surface area contributed by atoms with Gasteiger partial charge in [0.25, 0.3) is 0 Å². The number of rotatable bonds is 6. The molecule has 2 aromatic rings. The smallest absolute Gasteiger partial charge is 0.241 e. The molecular formula is C20H24N2O4. The van der Waals surface area contributed by atoms with Gasteiger partial charge in [0.1, 0.15) is 5.75 Å². The molecule has 0 saturated heterocycles. The summed E-state index contributed by atoms with van der Waals surface area (Å²) >= 11 is 0. The number of anilines is 1. The molecule has 6 heteroatoms. The third kappa shape index (κ3) is 3.91. The van der Waals surface area contributed by atoms with Crippen LogP contribution in [0.15, 0.2) is 36.4 Å². The summed E-state index contributed by atoms with van der Waals surface area (Å²) in [6, 6.07) is 11.2. The van der Waals surface area contributed by atoms with E-state index in [2.05, 4.69) is 5.32 Å². The highest BCUT2D eigenvalue weighted by molar-refractivity contribution is 5.95. The molecular weight excluding hydrogens is 332 g/mol. The Labute approximate surface area is 153 Å². The number of benzene rings is 2. The number of hydrogen-bond donors (Lipinski definition) is 1. The zero-order valence-electron chi connectivity index (χ0n) is 15.5. The first kappa shape index (κ1) is 18.1. The van der Waals surface area contributed by atoms with Crippen LogP contribution in [0.1, 0.15) is 18.1 Å². The molecule has 3 rings (SSSR count). The fraction of sp³-hybridized carbons (Fsp3) is 0.350. The van der Waals surface area contributed by atoms with Crippen LogP contribution in [0.5, 0.6) is 17.2 Å². The van der Waals surface area contributed by atoms with Gasteiger partial charge in [-0.1, -0.05) is 12.1 Å². The van der Waals surface area contributed by atoms with E-state index < -0.39 is 0 Å². The molecule has 1 N–H and O–H groups in total. The van der Waals surface area contributed by atoms with Gasteiger partial charge in [-0.15, -0.1) is 0 Å². The van der Waals surface area contributed by atoms with E-state index >= 15 is 0 Å². The molecule has 1 amide bonds. The highest BCUT2D eigenvalue weighted by atomic mass is 16.7. The molecule has 1 heterocycles. The van der Waals surface area contributed by atoms with Crippen LogP contribution < -0.4 is 19.5 Å². The van der Waals surface area contributed by atoms with Crippen LogP contribution in [0.4, 0.5) is 5.69 Å². The number of methoxy groups -OCH3 is 1. The number of carbonyl (C=O) groups excluding carboxylic acids is 1. The lowest BCUT2D eigenvalue weighted by molar-refractivity contribution is -0.120. The molecule has 138 valence electrons. The zero-order chi connectivity index (χ0) is 18.7. The molecule has 26 heavy (non-hydrogen) atoms. The van der Waals surface area contributed by atoms with Gasteiger partial charge in [0.2, 0.25) is 12.7 Å². The third-order valence-corrected chi connectivity index (χ3v) is 4.52. The lowest BCUT2D eigenvalue weighted by atomic mass is 10.1. The van der Waals surface area contributed by atoms with E-state index in [0.29, 0.717) is 18.0 Å². The van der Waals surface area contributed by atoms with Crippen molar-refractivity contribution in [1.29, 1.82) is 0 Å². The standard InChI is InChI=1S/C20H24N2O4/c1-13-5-7-17(24-4)16(9-13)21-20(23)14(2)22(3)11-15-6-8-18-19(10-15)26-12-25-18/h5-10,14H,11-12H2,1-4H3,(H,21,23)/t14-/m0/s1. The summed E-state index contributed by atoms with van der Waals surface area (Å²) in [4.78, 5) is 14.6. The van der Waals surface area contributed by atoms with Crippen LogP contribution >= 0.6 is 0 Å². The van der Waals surface area contributed by atoms with E-state index in [4.69, 9.17) is 14.2 Å². The van der Waals surface area contributed by atoms with Crippen molar-refractivity contribution in [1.82, 2.24) is 4.90 Å². The Morgan fingerprint density at radius 3 is 2.77 bits per heavy atom. The Bertz CT molecular complexity index is 806. The normalized spacial score (nSPS) is 13.6. The highest BCUT2D eigenvalue weighted by Crippen LogP contribution is 2.33. The number of ether oxygens (including phenoxy) is 3. The van der Waals surface area contributed by atoms with Crippen LogP contribution in [-0.4, -0.2) is 37.8 Å². The Morgan fingerprint density at radius 2 is 2.00 bits per heavy atom. The summed E-state index contributed by atoms with van der Waals surface area (Å²) < 4.78 is 16.1. The summed E-state index contributed by atoms with van der Waals surface area (Å²) in [5, 5.41) is 2.96. The lowest BCUT2D eigenvalue weighted by Gasteiger charge is -2.24. The van der Waals surface area contributed by atoms with Gasteiger partial charge in [0, 0.05) is 6.54 Å². The van der Waals surface area contributed by atoms with Crippen LogP contribution in [0, 0.1) is 6.92 Å². The molecule has 1 aliphatic rings. The Balaban J connectivity index is 1.65. The molecule has 1 aliphatic heterocycles. The maximum atomic E-state index is 12.7.